The van der Waals surface area contributed by atoms with Crippen molar-refractivity contribution >= 4 is 5.91 Å². The first-order chi connectivity index (χ1) is 6.70. The third-order valence-corrected chi connectivity index (χ3v) is 1.46. The molecule has 0 aromatic heterocycles. The normalized spacial score (nSPS) is 11.7. The van der Waals surface area contributed by atoms with E-state index in [2.05, 4.69) is 5.32 Å². The van der Waals surface area contributed by atoms with Crippen LogP contribution in [0.4, 0.5) is 4.39 Å². The first kappa shape index (κ1) is 17.4. The van der Waals surface area contributed by atoms with Crippen LogP contribution in [-0.2, 0) is 30.6 Å². The van der Waals surface area contributed by atoms with Crippen molar-refractivity contribution in [2.24, 2.45) is 5.73 Å². The molecule has 0 saturated carbocycles. The number of hydrogen-bond donors (Lipinski definition) is 3. The summed E-state index contributed by atoms with van der Waals surface area (Å²) in [6.07, 6.45) is -0.557. The molecule has 90 valence electrons. The van der Waals surface area contributed by atoms with Crippen molar-refractivity contribution in [3.8, 4) is 0 Å². The monoisotopic (exact) mass is 392 g/mol. The van der Waals surface area contributed by atoms with Gasteiger partial charge >= 0.3 is 0 Å². The smallest absolute Gasteiger partial charge is 0.245 e. The van der Waals surface area contributed by atoms with E-state index >= 15 is 0 Å². The quantitative estimate of drug-likeness (QED) is 0.453. The van der Waals surface area contributed by atoms with E-state index in [-0.39, 0.29) is 34.2 Å². The third kappa shape index (κ3) is 11.9. The number of hydrogen-bond acceptors (Lipinski definition) is 4. The number of carbonyl (C=O) groups is 1. The van der Waals surface area contributed by atoms with Gasteiger partial charge in [0.05, 0.1) is 13.2 Å². The fourth-order valence-corrected chi connectivity index (χ4v) is 0.736. The van der Waals surface area contributed by atoms with E-state index < -0.39 is 18.7 Å². The molecule has 0 fully saturated rings. The predicted molar refractivity (Wildman–Crippen MR) is 49.5 cm³/mol. The Morgan fingerprint density at radius 3 is 2.80 bits per heavy atom. The van der Waals surface area contributed by atoms with Gasteiger partial charge in [-0.25, -0.2) is 4.39 Å². The number of amides is 1. The Hall–Kier alpha value is -0.0317. The van der Waals surface area contributed by atoms with Crippen LogP contribution in [0, 0.1) is 0 Å². The molecule has 0 aliphatic rings. The Morgan fingerprint density at radius 2 is 2.27 bits per heavy atom. The number of halogens is 1. The Bertz CT molecular complexity index is 163. The number of carbonyl (C=O) groups excluding carboxylic acids is 1. The first-order valence-corrected chi connectivity index (χ1v) is 4.50. The van der Waals surface area contributed by atoms with Gasteiger partial charge in [0.1, 0.15) is 12.8 Å². The number of aliphatic hydroxyl groups is 1. The number of alkyl halides is 1. The molecule has 4 N–H and O–H groups in total. The molecule has 0 aliphatic heterocycles. The zero-order valence-electron chi connectivity index (χ0n) is 8.45. The molecule has 5 nitrogen and oxygen atoms in total. The molecule has 0 heterocycles. The maximum atomic E-state index is 12.9. The molecule has 1 unspecified atom stereocenters. The van der Waals surface area contributed by atoms with Crippen LogP contribution in [0.15, 0.2) is 0 Å². The molecule has 0 aliphatic carbocycles. The summed E-state index contributed by atoms with van der Waals surface area (Å²) < 4.78 is 17.8. The molecule has 15 heavy (non-hydrogen) atoms. The second-order valence-electron chi connectivity index (χ2n) is 2.78. The molecule has 0 rings (SSSR count). The Balaban J connectivity index is 0. The fourth-order valence-electron chi connectivity index (χ4n) is 0.736. The summed E-state index contributed by atoms with van der Waals surface area (Å²) in [4.78, 5) is 10.5. The van der Waals surface area contributed by atoms with Gasteiger partial charge in [0, 0.05) is 27.7 Å². The van der Waals surface area contributed by atoms with E-state index in [1.807, 2.05) is 0 Å². The van der Waals surface area contributed by atoms with Crippen molar-refractivity contribution < 1.29 is 40.1 Å². The Morgan fingerprint density at radius 1 is 1.60 bits per heavy atom. The molecule has 0 bridgehead atoms. The standard InChI is InChI=1S/C8H17FN2O3.W/c9-7(4-11-8(13)5-12)6-14-3-1-2-10;/h7,12H,1-6,10H2,(H,11,13);. The summed E-state index contributed by atoms with van der Waals surface area (Å²) in [5.74, 6) is -0.588. The zero-order valence-corrected chi connectivity index (χ0v) is 11.4. The first-order valence-electron chi connectivity index (χ1n) is 4.50. The molecule has 1 atom stereocenters. The largest absolute Gasteiger partial charge is 0.387 e. The van der Waals surface area contributed by atoms with Crippen LogP contribution < -0.4 is 11.1 Å². The van der Waals surface area contributed by atoms with Gasteiger partial charge in [-0.05, 0) is 13.0 Å². The minimum absolute atomic E-state index is 0. The molecule has 0 aromatic carbocycles. The molecule has 0 radical (unpaired) electrons. The molecule has 7 heteroatoms. The maximum Gasteiger partial charge on any atom is 0.245 e. The van der Waals surface area contributed by atoms with Crippen molar-refractivity contribution in [3.63, 3.8) is 0 Å². The van der Waals surface area contributed by atoms with Crippen molar-refractivity contribution in [3.05, 3.63) is 0 Å². The van der Waals surface area contributed by atoms with Gasteiger partial charge in [0.2, 0.25) is 5.91 Å². The van der Waals surface area contributed by atoms with Crippen LogP contribution in [0.1, 0.15) is 6.42 Å². The predicted octanol–water partition coefficient (Wildman–Crippen LogP) is -1.20. The van der Waals surface area contributed by atoms with E-state index in [4.69, 9.17) is 15.6 Å². The van der Waals surface area contributed by atoms with Crippen LogP contribution in [0.25, 0.3) is 0 Å². The fraction of sp³-hybridized carbons (Fsp3) is 0.875. The van der Waals surface area contributed by atoms with Crippen LogP contribution in [0.5, 0.6) is 0 Å². The summed E-state index contributed by atoms with van der Waals surface area (Å²) in [5.41, 5.74) is 5.20. The number of rotatable bonds is 8. The van der Waals surface area contributed by atoms with Gasteiger partial charge in [-0.1, -0.05) is 0 Å². The number of aliphatic hydroxyl groups excluding tert-OH is 1. The van der Waals surface area contributed by atoms with Crippen LogP contribution >= 0.6 is 0 Å². The number of ether oxygens (including phenoxy) is 1. The van der Waals surface area contributed by atoms with E-state index in [9.17, 15) is 9.18 Å². The molecule has 1 amide bonds. The van der Waals surface area contributed by atoms with Crippen LogP contribution in [-0.4, -0.2) is 50.1 Å². The van der Waals surface area contributed by atoms with Crippen molar-refractivity contribution in [1.29, 1.82) is 0 Å². The summed E-state index contributed by atoms with van der Waals surface area (Å²) in [6.45, 7) is 0.109. The average molecular weight is 392 g/mol. The van der Waals surface area contributed by atoms with Gasteiger partial charge in [0.15, 0.2) is 0 Å². The van der Waals surface area contributed by atoms with Crippen molar-refractivity contribution in [2.75, 3.05) is 32.9 Å². The maximum absolute atomic E-state index is 12.9. The van der Waals surface area contributed by atoms with Crippen molar-refractivity contribution in [2.45, 2.75) is 12.6 Å². The topological polar surface area (TPSA) is 84.6 Å². The van der Waals surface area contributed by atoms with Gasteiger partial charge in [-0.2, -0.15) is 0 Å². The number of nitrogens with one attached hydrogen (secondary N) is 1. The molecular weight excluding hydrogens is 375 g/mol. The van der Waals surface area contributed by atoms with Crippen LogP contribution in [0.3, 0.4) is 0 Å². The summed E-state index contributed by atoms with van der Waals surface area (Å²) in [7, 11) is 0. The second-order valence-corrected chi connectivity index (χ2v) is 2.78. The SMILES string of the molecule is NCCCOCC(F)CNC(=O)CO.[W]. The van der Waals surface area contributed by atoms with E-state index in [0.717, 1.165) is 0 Å². The zero-order chi connectivity index (χ0) is 10.8. The van der Waals surface area contributed by atoms with E-state index in [1.165, 1.54) is 0 Å². The third-order valence-electron chi connectivity index (χ3n) is 1.46. The van der Waals surface area contributed by atoms with Gasteiger partial charge < -0.3 is 20.9 Å². The summed E-state index contributed by atoms with van der Waals surface area (Å²) >= 11 is 0. The number of nitrogens with two attached hydrogens (primary N) is 1. The minimum Gasteiger partial charge on any atom is -0.387 e. The molecule has 0 aromatic rings. The van der Waals surface area contributed by atoms with Crippen molar-refractivity contribution in [1.82, 2.24) is 5.32 Å². The Kier molecular flexibility index (Phi) is 13.9. The molecule has 0 spiro atoms. The van der Waals surface area contributed by atoms with E-state index in [1.54, 1.807) is 0 Å². The van der Waals surface area contributed by atoms with Gasteiger partial charge in [-0.15, -0.1) is 0 Å². The Labute approximate surface area is 103 Å². The summed E-state index contributed by atoms with van der Waals surface area (Å²) in [5, 5.41) is 10.5. The summed E-state index contributed by atoms with van der Waals surface area (Å²) in [6, 6.07) is 0. The average Bonchev–Trinajstić information content (AvgIpc) is 2.21. The van der Waals surface area contributed by atoms with Crippen LogP contribution in [0.2, 0.25) is 0 Å². The van der Waals surface area contributed by atoms with Gasteiger partial charge in [0.25, 0.3) is 0 Å². The minimum atomic E-state index is -1.25. The molecule has 0 saturated heterocycles. The van der Waals surface area contributed by atoms with E-state index in [0.29, 0.717) is 19.6 Å². The van der Waals surface area contributed by atoms with Gasteiger partial charge in [-0.3, -0.25) is 4.79 Å². The molecular formula is C8H17FN2O3W. The second kappa shape index (κ2) is 12.0.